The fraction of sp³-hybridized carbons (Fsp3) is 0.231. The Balaban J connectivity index is 1.39. The Kier molecular flexibility index (Phi) is 7.57. The summed E-state index contributed by atoms with van der Waals surface area (Å²) in [5.41, 5.74) is 2.53. The fourth-order valence-corrected chi connectivity index (χ4v) is 3.59. The van der Waals surface area contributed by atoms with Gasteiger partial charge in [-0.15, -0.1) is 0 Å². The van der Waals surface area contributed by atoms with Crippen LogP contribution in [0.1, 0.15) is 22.3 Å². The molecule has 0 atom stereocenters. The first-order chi connectivity index (χ1) is 16.9. The second kappa shape index (κ2) is 11.0. The van der Waals surface area contributed by atoms with Gasteiger partial charge in [0.2, 0.25) is 0 Å². The van der Waals surface area contributed by atoms with E-state index in [0.717, 1.165) is 31.3 Å². The summed E-state index contributed by atoms with van der Waals surface area (Å²) in [4.78, 5) is 14.9. The predicted octanol–water partition coefficient (Wildman–Crippen LogP) is 5.04. The van der Waals surface area contributed by atoms with Gasteiger partial charge in [0.1, 0.15) is 24.0 Å². The molecule has 1 heterocycles. The zero-order chi connectivity index (χ0) is 24.8. The number of carbonyl (C=O) groups is 1. The molecule has 0 saturated carbocycles. The van der Waals surface area contributed by atoms with E-state index in [-0.39, 0.29) is 12.5 Å². The van der Waals surface area contributed by atoms with E-state index in [4.69, 9.17) is 4.74 Å². The van der Waals surface area contributed by atoms with Crippen molar-refractivity contribution >= 4 is 28.3 Å². The third-order valence-electron chi connectivity index (χ3n) is 5.35. The molecule has 1 amide bonds. The lowest BCUT2D eigenvalue weighted by Crippen LogP contribution is -2.16. The average molecular weight is 480 g/mol. The minimum atomic E-state index is -0.660. The van der Waals surface area contributed by atoms with E-state index >= 15 is 0 Å². The van der Waals surface area contributed by atoms with Crippen LogP contribution in [0.3, 0.4) is 0 Å². The summed E-state index contributed by atoms with van der Waals surface area (Å²) in [5, 5.41) is 13.9. The summed E-state index contributed by atoms with van der Waals surface area (Å²) < 4.78 is 32.5. The first kappa shape index (κ1) is 24.2. The standard InChI is InChI=1S/C26H27F2N5O2/c1-33(2)11-3-10-29-21-6-4-18(5-7-21)26(34)30-25-23-15-22(8-9-24(23)31-32-25)35-16-17-12-19(27)14-20(28)13-17/h4-9,12-15,29H,3,10-11,16H2,1-2H3,(H2,30,31,32,34). The van der Waals surface area contributed by atoms with Gasteiger partial charge in [-0.05, 0) is 87.2 Å². The SMILES string of the molecule is CN(C)CCCNc1ccc(C(=O)Nc2n[nH]c3ccc(OCc4cc(F)cc(F)c4)cc23)cc1. The topological polar surface area (TPSA) is 82.3 Å². The number of rotatable bonds is 10. The maximum absolute atomic E-state index is 13.4. The van der Waals surface area contributed by atoms with Crippen LogP contribution in [-0.4, -0.2) is 48.2 Å². The van der Waals surface area contributed by atoms with Gasteiger partial charge >= 0.3 is 0 Å². The van der Waals surface area contributed by atoms with Crippen molar-refractivity contribution < 1.29 is 18.3 Å². The van der Waals surface area contributed by atoms with Crippen LogP contribution in [-0.2, 0) is 6.61 Å². The number of aromatic amines is 1. The number of nitrogens with zero attached hydrogens (tertiary/aromatic N) is 2. The Morgan fingerprint density at radius 1 is 1.03 bits per heavy atom. The van der Waals surface area contributed by atoms with E-state index < -0.39 is 11.6 Å². The van der Waals surface area contributed by atoms with Crippen molar-refractivity contribution in [3.63, 3.8) is 0 Å². The van der Waals surface area contributed by atoms with Gasteiger partial charge in [-0.1, -0.05) is 0 Å². The monoisotopic (exact) mass is 479 g/mol. The average Bonchev–Trinajstić information content (AvgIpc) is 3.22. The quantitative estimate of drug-likeness (QED) is 0.278. The summed E-state index contributed by atoms with van der Waals surface area (Å²) in [7, 11) is 4.08. The molecule has 4 rings (SSSR count). The maximum Gasteiger partial charge on any atom is 0.256 e. The third kappa shape index (κ3) is 6.54. The second-order valence-electron chi connectivity index (χ2n) is 8.46. The zero-order valence-corrected chi connectivity index (χ0v) is 19.6. The Hall–Kier alpha value is -3.98. The molecule has 7 nitrogen and oxygen atoms in total. The molecule has 0 unspecified atom stereocenters. The van der Waals surface area contributed by atoms with Gasteiger partial charge in [-0.25, -0.2) is 8.78 Å². The summed E-state index contributed by atoms with van der Waals surface area (Å²) in [6.07, 6.45) is 1.02. The molecule has 9 heteroatoms. The summed E-state index contributed by atoms with van der Waals surface area (Å²) in [6, 6.07) is 15.7. The normalized spacial score (nSPS) is 11.1. The van der Waals surface area contributed by atoms with Crippen LogP contribution in [0.15, 0.2) is 60.7 Å². The number of carbonyl (C=O) groups excluding carboxylic acids is 1. The molecule has 0 bridgehead atoms. The van der Waals surface area contributed by atoms with E-state index in [0.29, 0.717) is 33.6 Å². The van der Waals surface area contributed by atoms with E-state index in [1.165, 1.54) is 12.1 Å². The van der Waals surface area contributed by atoms with Crippen LogP contribution >= 0.6 is 0 Å². The second-order valence-corrected chi connectivity index (χ2v) is 8.46. The van der Waals surface area contributed by atoms with Crippen molar-refractivity contribution in [2.24, 2.45) is 0 Å². The molecule has 0 radical (unpaired) electrons. The summed E-state index contributed by atoms with van der Waals surface area (Å²) in [6.45, 7) is 1.85. The van der Waals surface area contributed by atoms with Crippen LogP contribution < -0.4 is 15.4 Å². The van der Waals surface area contributed by atoms with Crippen molar-refractivity contribution in [3.05, 3.63) is 83.4 Å². The van der Waals surface area contributed by atoms with Gasteiger partial charge in [-0.2, -0.15) is 5.10 Å². The molecule has 35 heavy (non-hydrogen) atoms. The van der Waals surface area contributed by atoms with Crippen molar-refractivity contribution in [1.29, 1.82) is 0 Å². The van der Waals surface area contributed by atoms with Crippen LogP contribution in [0.25, 0.3) is 10.9 Å². The summed E-state index contributed by atoms with van der Waals surface area (Å²) in [5.74, 6) is -0.778. The number of fused-ring (bicyclic) bond motifs is 1. The number of hydrogen-bond donors (Lipinski definition) is 3. The maximum atomic E-state index is 13.4. The molecule has 182 valence electrons. The van der Waals surface area contributed by atoms with E-state index in [9.17, 15) is 13.6 Å². The van der Waals surface area contributed by atoms with Gasteiger partial charge in [0.25, 0.3) is 5.91 Å². The zero-order valence-electron chi connectivity index (χ0n) is 19.6. The molecular formula is C26H27F2N5O2. The number of nitrogens with one attached hydrogen (secondary N) is 3. The fourth-order valence-electron chi connectivity index (χ4n) is 3.59. The van der Waals surface area contributed by atoms with Crippen molar-refractivity contribution in [3.8, 4) is 5.75 Å². The molecule has 3 N–H and O–H groups in total. The minimum Gasteiger partial charge on any atom is -0.489 e. The van der Waals surface area contributed by atoms with E-state index in [1.807, 2.05) is 26.2 Å². The Labute approximate surface area is 202 Å². The van der Waals surface area contributed by atoms with Gasteiger partial charge in [0, 0.05) is 29.2 Å². The third-order valence-corrected chi connectivity index (χ3v) is 5.35. The molecule has 1 aromatic heterocycles. The molecule has 0 spiro atoms. The van der Waals surface area contributed by atoms with Gasteiger partial charge < -0.3 is 20.3 Å². The highest BCUT2D eigenvalue weighted by molar-refractivity contribution is 6.08. The number of aromatic nitrogens is 2. The van der Waals surface area contributed by atoms with E-state index in [2.05, 4.69) is 25.7 Å². The Bertz CT molecular complexity index is 1280. The summed E-state index contributed by atoms with van der Waals surface area (Å²) >= 11 is 0. The molecule has 0 saturated heterocycles. The number of halogens is 2. The van der Waals surface area contributed by atoms with Crippen molar-refractivity contribution in [2.75, 3.05) is 37.8 Å². The molecule has 0 fully saturated rings. The van der Waals surface area contributed by atoms with E-state index in [1.54, 1.807) is 30.3 Å². The number of H-pyrrole nitrogens is 1. The first-order valence-electron chi connectivity index (χ1n) is 11.2. The molecule has 3 aromatic carbocycles. The smallest absolute Gasteiger partial charge is 0.256 e. The van der Waals surface area contributed by atoms with Gasteiger partial charge in [0.05, 0.1) is 5.52 Å². The van der Waals surface area contributed by atoms with Crippen LogP contribution in [0, 0.1) is 11.6 Å². The lowest BCUT2D eigenvalue weighted by atomic mass is 10.2. The minimum absolute atomic E-state index is 0.00470. The molecule has 0 aliphatic rings. The molecule has 4 aromatic rings. The highest BCUT2D eigenvalue weighted by Gasteiger charge is 2.13. The first-order valence-corrected chi connectivity index (χ1v) is 11.2. The molecular weight excluding hydrogens is 452 g/mol. The lowest BCUT2D eigenvalue weighted by Gasteiger charge is -2.11. The number of ether oxygens (including phenoxy) is 1. The number of hydrogen-bond acceptors (Lipinski definition) is 5. The van der Waals surface area contributed by atoms with Gasteiger partial charge in [-0.3, -0.25) is 9.89 Å². The highest BCUT2D eigenvalue weighted by Crippen LogP contribution is 2.26. The van der Waals surface area contributed by atoms with Crippen LogP contribution in [0.2, 0.25) is 0 Å². The highest BCUT2D eigenvalue weighted by atomic mass is 19.1. The number of anilines is 2. The van der Waals surface area contributed by atoms with Crippen molar-refractivity contribution in [2.45, 2.75) is 13.0 Å². The number of amides is 1. The lowest BCUT2D eigenvalue weighted by molar-refractivity contribution is 0.102. The van der Waals surface area contributed by atoms with Crippen LogP contribution in [0.4, 0.5) is 20.3 Å². The van der Waals surface area contributed by atoms with Crippen LogP contribution in [0.5, 0.6) is 5.75 Å². The molecule has 0 aliphatic heterocycles. The van der Waals surface area contributed by atoms with Gasteiger partial charge in [0.15, 0.2) is 5.82 Å². The predicted molar refractivity (Wildman–Crippen MR) is 133 cm³/mol. The Morgan fingerprint density at radius 3 is 2.49 bits per heavy atom. The largest absolute Gasteiger partial charge is 0.489 e. The Morgan fingerprint density at radius 2 is 1.77 bits per heavy atom. The van der Waals surface area contributed by atoms with Crippen molar-refractivity contribution in [1.82, 2.24) is 15.1 Å². The number of benzene rings is 3. The molecule has 0 aliphatic carbocycles.